The Bertz CT molecular complexity index is 447. The van der Waals surface area contributed by atoms with Gasteiger partial charge >= 0.3 is 0 Å². The number of hydrogen-bond donors (Lipinski definition) is 0. The van der Waals surface area contributed by atoms with Gasteiger partial charge in [0, 0.05) is 0 Å². The maximum Gasteiger partial charge on any atom is 0.0994 e. The van der Waals surface area contributed by atoms with Gasteiger partial charge in [0.2, 0.25) is 0 Å². The van der Waals surface area contributed by atoms with Crippen molar-refractivity contribution in [2.45, 2.75) is 40.0 Å². The van der Waals surface area contributed by atoms with Crippen molar-refractivity contribution in [3.8, 4) is 6.07 Å². The first kappa shape index (κ1) is 12.5. The van der Waals surface area contributed by atoms with Crippen molar-refractivity contribution >= 4 is 5.57 Å². The summed E-state index contributed by atoms with van der Waals surface area (Å²) in [4.78, 5) is 0. The molecule has 1 aromatic rings. The third kappa shape index (κ3) is 2.33. The van der Waals surface area contributed by atoms with Crippen molar-refractivity contribution in [1.82, 2.24) is 0 Å². The van der Waals surface area contributed by atoms with Crippen LogP contribution in [0.2, 0.25) is 0 Å². The predicted molar refractivity (Wildman–Crippen MR) is 69.3 cm³/mol. The molecule has 0 atom stereocenters. The summed E-state index contributed by atoms with van der Waals surface area (Å²) in [6, 6.07) is 6.40. The molecule has 1 nitrogen and oxygen atoms in total. The molecule has 0 amide bonds. The fraction of sp³-hybridized carbons (Fsp3) is 0.400. The van der Waals surface area contributed by atoms with Crippen LogP contribution in [0.1, 0.15) is 55.4 Å². The number of allylic oxidation sites excluding steroid dienone is 1. The zero-order chi connectivity index (χ0) is 12.3. The Morgan fingerprint density at radius 3 is 2.50 bits per heavy atom. The molecule has 0 bridgehead atoms. The van der Waals surface area contributed by atoms with Gasteiger partial charge in [-0.2, -0.15) is 5.26 Å². The van der Waals surface area contributed by atoms with Gasteiger partial charge in [-0.05, 0) is 47.6 Å². The number of rotatable bonds is 3. The quantitative estimate of drug-likeness (QED) is 0.729. The average Bonchev–Trinajstić information content (AvgIpc) is 2.26. The summed E-state index contributed by atoms with van der Waals surface area (Å²) < 4.78 is 0. The minimum absolute atomic E-state index is 0.388. The van der Waals surface area contributed by atoms with E-state index in [1.54, 1.807) is 0 Å². The molecule has 0 N–H and O–H groups in total. The smallest absolute Gasteiger partial charge is 0.0994 e. The zero-order valence-electron chi connectivity index (χ0n) is 10.6. The largest absolute Gasteiger partial charge is 0.192 e. The van der Waals surface area contributed by atoms with Crippen molar-refractivity contribution in [3.63, 3.8) is 0 Å². The molecular weight excluding hydrogens is 194 g/mol. The third-order valence-electron chi connectivity index (χ3n) is 2.92. The predicted octanol–water partition coefficient (Wildman–Crippen LogP) is 4.41. The Morgan fingerprint density at radius 2 is 2.06 bits per heavy atom. The van der Waals surface area contributed by atoms with Gasteiger partial charge in [-0.1, -0.05) is 33.4 Å². The molecule has 0 unspecified atom stereocenters. The van der Waals surface area contributed by atoms with Crippen LogP contribution in [-0.4, -0.2) is 0 Å². The van der Waals surface area contributed by atoms with E-state index in [0.29, 0.717) is 5.92 Å². The van der Waals surface area contributed by atoms with Gasteiger partial charge in [-0.25, -0.2) is 0 Å². The summed E-state index contributed by atoms with van der Waals surface area (Å²) in [6.45, 7) is 12.4. The van der Waals surface area contributed by atoms with Crippen LogP contribution in [0.25, 0.3) is 5.57 Å². The molecule has 1 rings (SSSR count). The van der Waals surface area contributed by atoms with Crippen LogP contribution in [0.4, 0.5) is 0 Å². The Morgan fingerprint density at radius 1 is 1.44 bits per heavy atom. The highest BCUT2D eigenvalue weighted by Crippen LogP contribution is 2.27. The monoisotopic (exact) mass is 213 g/mol. The second-order valence-corrected chi connectivity index (χ2v) is 4.48. The summed E-state index contributed by atoms with van der Waals surface area (Å²) in [7, 11) is 0. The Labute approximate surface area is 98.4 Å². The molecule has 0 aliphatic rings. The molecule has 0 aliphatic carbocycles. The van der Waals surface area contributed by atoms with Crippen LogP contribution < -0.4 is 0 Å². The van der Waals surface area contributed by atoms with E-state index in [4.69, 9.17) is 0 Å². The van der Waals surface area contributed by atoms with Crippen molar-refractivity contribution in [3.05, 3.63) is 41.0 Å². The Kier molecular flexibility index (Phi) is 3.90. The normalized spacial score (nSPS) is 10.2. The van der Waals surface area contributed by atoms with E-state index in [9.17, 15) is 5.26 Å². The van der Waals surface area contributed by atoms with Gasteiger partial charge in [-0.15, -0.1) is 0 Å². The summed E-state index contributed by atoms with van der Waals surface area (Å²) in [5.41, 5.74) is 5.34. The topological polar surface area (TPSA) is 23.8 Å². The molecule has 0 aromatic heterocycles. The fourth-order valence-corrected chi connectivity index (χ4v) is 2.07. The number of hydrogen-bond acceptors (Lipinski definition) is 1. The molecule has 1 heteroatoms. The fourth-order valence-electron chi connectivity index (χ4n) is 2.07. The van der Waals surface area contributed by atoms with Gasteiger partial charge in [-0.3, -0.25) is 0 Å². The van der Waals surface area contributed by atoms with Crippen LogP contribution >= 0.6 is 0 Å². The first-order chi connectivity index (χ1) is 7.51. The van der Waals surface area contributed by atoms with E-state index in [0.717, 1.165) is 28.7 Å². The molecule has 1 aromatic carbocycles. The van der Waals surface area contributed by atoms with Crippen molar-refractivity contribution in [2.24, 2.45) is 0 Å². The van der Waals surface area contributed by atoms with Crippen molar-refractivity contribution < 1.29 is 0 Å². The van der Waals surface area contributed by atoms with E-state index in [-0.39, 0.29) is 0 Å². The molecule has 0 radical (unpaired) electrons. The number of aryl methyl sites for hydroxylation is 1. The lowest BCUT2D eigenvalue weighted by Gasteiger charge is -2.14. The van der Waals surface area contributed by atoms with Crippen LogP contribution in [0.5, 0.6) is 0 Å². The summed E-state index contributed by atoms with van der Waals surface area (Å²) in [5, 5.41) is 9.19. The molecule has 0 saturated heterocycles. The van der Waals surface area contributed by atoms with Crippen molar-refractivity contribution in [1.29, 1.82) is 5.26 Å². The Hall–Kier alpha value is -1.55. The lowest BCUT2D eigenvalue weighted by molar-refractivity contribution is 0.852. The second kappa shape index (κ2) is 4.99. The van der Waals surface area contributed by atoms with Crippen LogP contribution in [-0.2, 0) is 0 Å². The molecule has 0 spiro atoms. The van der Waals surface area contributed by atoms with Crippen LogP contribution in [0.15, 0.2) is 18.7 Å². The second-order valence-electron chi connectivity index (χ2n) is 4.48. The van der Waals surface area contributed by atoms with Crippen LogP contribution in [0, 0.1) is 18.3 Å². The van der Waals surface area contributed by atoms with Crippen molar-refractivity contribution in [2.75, 3.05) is 0 Å². The van der Waals surface area contributed by atoms with E-state index in [2.05, 4.69) is 46.4 Å². The lowest BCUT2D eigenvalue weighted by Crippen LogP contribution is -1.99. The molecule has 0 heterocycles. The lowest BCUT2D eigenvalue weighted by atomic mass is 9.89. The first-order valence-electron chi connectivity index (χ1n) is 5.74. The molecule has 0 saturated carbocycles. The average molecular weight is 213 g/mol. The zero-order valence-corrected chi connectivity index (χ0v) is 10.6. The highest BCUT2D eigenvalue weighted by Gasteiger charge is 2.11. The number of nitriles is 1. The van der Waals surface area contributed by atoms with Gasteiger partial charge in [0.05, 0.1) is 11.6 Å². The number of nitrogens with zero attached hydrogens (tertiary/aromatic N) is 1. The summed E-state index contributed by atoms with van der Waals surface area (Å²) in [6.07, 6.45) is 0.922. The summed E-state index contributed by atoms with van der Waals surface area (Å²) >= 11 is 0. The maximum absolute atomic E-state index is 9.19. The third-order valence-corrected chi connectivity index (χ3v) is 2.92. The van der Waals surface area contributed by atoms with Gasteiger partial charge < -0.3 is 0 Å². The highest BCUT2D eigenvalue weighted by atomic mass is 14.3. The molecule has 16 heavy (non-hydrogen) atoms. The standard InChI is InChI=1S/C15H19N/c1-6-11(4)13-7-12(5)15(10(2)3)14(8-13)9-16/h7-8,10H,4,6H2,1-3,5H3. The van der Waals surface area contributed by atoms with E-state index >= 15 is 0 Å². The number of benzene rings is 1. The van der Waals surface area contributed by atoms with Gasteiger partial charge in [0.25, 0.3) is 0 Å². The Balaban J connectivity index is 3.39. The minimum atomic E-state index is 0.388. The molecule has 0 fully saturated rings. The van der Waals surface area contributed by atoms with Gasteiger partial charge in [0.15, 0.2) is 0 Å². The first-order valence-corrected chi connectivity index (χ1v) is 5.74. The SMILES string of the molecule is C=C(CC)c1cc(C)c(C(C)C)c(C#N)c1. The van der Waals surface area contributed by atoms with Gasteiger partial charge in [0.1, 0.15) is 0 Å². The van der Waals surface area contributed by atoms with E-state index < -0.39 is 0 Å². The minimum Gasteiger partial charge on any atom is -0.192 e. The molecule has 84 valence electrons. The molecule has 0 aliphatic heterocycles. The summed E-state index contributed by atoms with van der Waals surface area (Å²) in [5.74, 6) is 0.388. The van der Waals surface area contributed by atoms with E-state index in [1.807, 2.05) is 6.07 Å². The van der Waals surface area contributed by atoms with Crippen LogP contribution in [0.3, 0.4) is 0 Å². The maximum atomic E-state index is 9.19. The molecular formula is C15H19N. The van der Waals surface area contributed by atoms with E-state index in [1.165, 1.54) is 5.56 Å². The highest BCUT2D eigenvalue weighted by molar-refractivity contribution is 5.66.